The van der Waals surface area contributed by atoms with Gasteiger partial charge in [-0.2, -0.15) is 0 Å². The predicted octanol–water partition coefficient (Wildman–Crippen LogP) is 2.98. The van der Waals surface area contributed by atoms with Crippen LogP contribution in [0.5, 0.6) is 0 Å². The van der Waals surface area contributed by atoms with E-state index in [1.807, 2.05) is 26.0 Å². The third-order valence-corrected chi connectivity index (χ3v) is 3.02. The fourth-order valence-corrected chi connectivity index (χ4v) is 2.30. The number of nitrogens with one attached hydrogen (secondary N) is 1. The van der Waals surface area contributed by atoms with Crippen LogP contribution in [0.25, 0.3) is 0 Å². The number of carbonyl (C=O) groups excluding carboxylic acids is 1. The fraction of sp³-hybridized carbons (Fsp3) is 0.462. The van der Waals surface area contributed by atoms with Crippen molar-refractivity contribution in [1.29, 1.82) is 0 Å². The molecule has 1 aromatic carbocycles. The first-order valence-corrected chi connectivity index (χ1v) is 6.39. The van der Waals surface area contributed by atoms with Crippen LogP contribution in [0.3, 0.4) is 0 Å². The number of nitrogens with zero attached hydrogens (tertiary/aromatic N) is 1. The minimum absolute atomic E-state index is 0.0684. The van der Waals surface area contributed by atoms with E-state index >= 15 is 0 Å². The molecule has 1 saturated heterocycles. The molecule has 0 aromatic heterocycles. The first kappa shape index (κ1) is 13.2. The van der Waals surface area contributed by atoms with E-state index in [0.717, 1.165) is 0 Å². The van der Waals surface area contributed by atoms with Crippen molar-refractivity contribution in [2.75, 3.05) is 18.4 Å². The van der Waals surface area contributed by atoms with E-state index in [2.05, 4.69) is 5.32 Å². The molecule has 2 rings (SSSR count). The second kappa shape index (κ2) is 5.59. The summed E-state index contributed by atoms with van der Waals surface area (Å²) in [6, 6.07) is 7.02. The lowest BCUT2D eigenvalue weighted by Crippen LogP contribution is -2.49. The van der Waals surface area contributed by atoms with Crippen LogP contribution in [0.15, 0.2) is 24.3 Å². The number of ether oxygens (including phenoxy) is 1. The van der Waals surface area contributed by atoms with Gasteiger partial charge < -0.3 is 15.0 Å². The molecule has 1 aliphatic heterocycles. The van der Waals surface area contributed by atoms with Crippen LogP contribution in [0, 0.1) is 0 Å². The van der Waals surface area contributed by atoms with Crippen LogP contribution in [-0.4, -0.2) is 36.2 Å². The molecule has 2 atom stereocenters. The maximum atomic E-state index is 12.1. The van der Waals surface area contributed by atoms with Gasteiger partial charge in [0.15, 0.2) is 0 Å². The number of urea groups is 1. The Morgan fingerprint density at radius 1 is 1.39 bits per heavy atom. The Morgan fingerprint density at radius 2 is 2.06 bits per heavy atom. The van der Waals surface area contributed by atoms with E-state index in [-0.39, 0.29) is 18.2 Å². The largest absolute Gasteiger partial charge is 0.372 e. The van der Waals surface area contributed by atoms with E-state index in [0.29, 0.717) is 23.8 Å². The normalized spacial score (nSPS) is 23.8. The highest BCUT2D eigenvalue weighted by Gasteiger charge is 2.25. The summed E-state index contributed by atoms with van der Waals surface area (Å²) in [5.74, 6) is 0. The zero-order valence-electron chi connectivity index (χ0n) is 10.5. The number of hydrogen-bond donors (Lipinski definition) is 1. The molecule has 18 heavy (non-hydrogen) atoms. The summed E-state index contributed by atoms with van der Waals surface area (Å²) in [4.78, 5) is 13.8. The SMILES string of the molecule is C[C@@H]1CN(C(=O)Nc2cccc(Cl)c2)C[C@@H](C)O1. The summed E-state index contributed by atoms with van der Waals surface area (Å²) >= 11 is 5.88. The van der Waals surface area contributed by atoms with Gasteiger partial charge in [0.2, 0.25) is 0 Å². The lowest BCUT2D eigenvalue weighted by Gasteiger charge is -2.35. The van der Waals surface area contributed by atoms with E-state index in [9.17, 15) is 4.79 Å². The van der Waals surface area contributed by atoms with Crippen molar-refractivity contribution >= 4 is 23.3 Å². The first-order valence-electron chi connectivity index (χ1n) is 6.01. The molecule has 1 heterocycles. The first-order chi connectivity index (χ1) is 8.54. The van der Waals surface area contributed by atoms with Gasteiger partial charge in [0.1, 0.15) is 0 Å². The number of carbonyl (C=O) groups is 1. The number of benzene rings is 1. The number of amides is 2. The van der Waals surface area contributed by atoms with E-state index < -0.39 is 0 Å². The number of hydrogen-bond acceptors (Lipinski definition) is 2. The molecule has 0 spiro atoms. The Morgan fingerprint density at radius 3 is 2.67 bits per heavy atom. The van der Waals surface area contributed by atoms with Gasteiger partial charge in [0, 0.05) is 23.8 Å². The molecule has 1 fully saturated rings. The highest BCUT2D eigenvalue weighted by molar-refractivity contribution is 6.30. The summed E-state index contributed by atoms with van der Waals surface area (Å²) < 4.78 is 5.59. The fourth-order valence-electron chi connectivity index (χ4n) is 2.11. The average Bonchev–Trinajstić information content (AvgIpc) is 2.27. The Bertz CT molecular complexity index is 429. The quantitative estimate of drug-likeness (QED) is 0.851. The molecule has 0 unspecified atom stereocenters. The van der Waals surface area contributed by atoms with Crippen molar-refractivity contribution in [3.63, 3.8) is 0 Å². The molecular formula is C13H17ClN2O2. The third-order valence-electron chi connectivity index (χ3n) is 2.78. The van der Waals surface area contributed by atoms with Gasteiger partial charge in [-0.05, 0) is 32.0 Å². The van der Waals surface area contributed by atoms with Crippen LogP contribution in [0.4, 0.5) is 10.5 Å². The zero-order chi connectivity index (χ0) is 13.1. The summed E-state index contributed by atoms with van der Waals surface area (Å²) in [6.45, 7) is 5.15. The maximum Gasteiger partial charge on any atom is 0.322 e. The summed E-state index contributed by atoms with van der Waals surface area (Å²) in [5, 5.41) is 3.45. The van der Waals surface area contributed by atoms with E-state index in [1.54, 1.807) is 17.0 Å². The molecule has 5 heteroatoms. The van der Waals surface area contributed by atoms with Gasteiger partial charge in [-0.25, -0.2) is 4.79 Å². The van der Waals surface area contributed by atoms with E-state index in [4.69, 9.17) is 16.3 Å². The molecule has 0 aliphatic carbocycles. The van der Waals surface area contributed by atoms with Crippen LogP contribution < -0.4 is 5.32 Å². The second-order valence-corrected chi connectivity index (χ2v) is 5.04. The summed E-state index contributed by atoms with van der Waals surface area (Å²) in [5.41, 5.74) is 0.708. The topological polar surface area (TPSA) is 41.6 Å². The van der Waals surface area contributed by atoms with Crippen molar-refractivity contribution in [3.05, 3.63) is 29.3 Å². The molecule has 1 aromatic rings. The monoisotopic (exact) mass is 268 g/mol. The van der Waals surface area contributed by atoms with Crippen molar-refractivity contribution in [1.82, 2.24) is 4.90 Å². The Labute approximate surface area is 112 Å². The second-order valence-electron chi connectivity index (χ2n) is 4.60. The molecule has 4 nitrogen and oxygen atoms in total. The van der Waals surface area contributed by atoms with Gasteiger partial charge in [-0.3, -0.25) is 0 Å². The van der Waals surface area contributed by atoms with Crippen molar-refractivity contribution in [2.45, 2.75) is 26.1 Å². The Kier molecular flexibility index (Phi) is 4.09. The van der Waals surface area contributed by atoms with Crippen LogP contribution in [0.1, 0.15) is 13.8 Å². The molecule has 0 radical (unpaired) electrons. The van der Waals surface area contributed by atoms with Crippen molar-refractivity contribution in [2.24, 2.45) is 0 Å². The average molecular weight is 269 g/mol. The third kappa shape index (κ3) is 3.37. The Hall–Kier alpha value is -1.26. The van der Waals surface area contributed by atoms with Crippen molar-refractivity contribution in [3.8, 4) is 0 Å². The van der Waals surface area contributed by atoms with Crippen molar-refractivity contribution < 1.29 is 9.53 Å². The standard InChI is InChI=1S/C13H17ClN2O2/c1-9-7-16(8-10(2)18-9)13(17)15-12-5-3-4-11(14)6-12/h3-6,9-10H,7-8H2,1-2H3,(H,15,17)/t9-,10-/m1/s1. The van der Waals surface area contributed by atoms with Crippen LogP contribution in [-0.2, 0) is 4.74 Å². The van der Waals surface area contributed by atoms with Gasteiger partial charge >= 0.3 is 6.03 Å². The number of morpholine rings is 1. The zero-order valence-corrected chi connectivity index (χ0v) is 11.3. The lowest BCUT2D eigenvalue weighted by atomic mass is 10.2. The molecule has 1 aliphatic rings. The molecule has 2 amide bonds. The molecule has 1 N–H and O–H groups in total. The number of rotatable bonds is 1. The van der Waals surface area contributed by atoms with Crippen LogP contribution in [0.2, 0.25) is 5.02 Å². The lowest BCUT2D eigenvalue weighted by molar-refractivity contribution is -0.0530. The molecule has 0 saturated carbocycles. The number of anilines is 1. The highest BCUT2D eigenvalue weighted by atomic mass is 35.5. The number of halogens is 1. The van der Waals surface area contributed by atoms with Gasteiger partial charge in [0.05, 0.1) is 12.2 Å². The minimum Gasteiger partial charge on any atom is -0.372 e. The van der Waals surface area contributed by atoms with Gasteiger partial charge in [-0.15, -0.1) is 0 Å². The molecule has 0 bridgehead atoms. The molecule has 98 valence electrons. The maximum absolute atomic E-state index is 12.1. The van der Waals surface area contributed by atoms with Gasteiger partial charge in [-0.1, -0.05) is 17.7 Å². The van der Waals surface area contributed by atoms with Gasteiger partial charge in [0.25, 0.3) is 0 Å². The van der Waals surface area contributed by atoms with Crippen LogP contribution >= 0.6 is 11.6 Å². The Balaban J connectivity index is 1.99. The predicted molar refractivity (Wildman–Crippen MR) is 72.1 cm³/mol. The summed E-state index contributed by atoms with van der Waals surface area (Å²) in [7, 11) is 0. The highest BCUT2D eigenvalue weighted by Crippen LogP contribution is 2.17. The summed E-state index contributed by atoms with van der Waals surface area (Å²) in [6.07, 6.45) is 0.137. The van der Waals surface area contributed by atoms with E-state index in [1.165, 1.54) is 0 Å². The minimum atomic E-state index is -0.112. The molecular weight excluding hydrogens is 252 g/mol. The smallest absolute Gasteiger partial charge is 0.322 e.